The van der Waals surface area contributed by atoms with Crippen LogP contribution in [0.25, 0.3) is 16.3 Å². The van der Waals surface area contributed by atoms with Gasteiger partial charge in [0.2, 0.25) is 0 Å². The Bertz CT molecular complexity index is 960. The molecule has 0 atom stereocenters. The van der Waals surface area contributed by atoms with Crippen LogP contribution in [-0.2, 0) is 11.3 Å². The highest BCUT2D eigenvalue weighted by Gasteiger charge is 2.25. The van der Waals surface area contributed by atoms with Crippen LogP contribution < -0.4 is 9.80 Å². The van der Waals surface area contributed by atoms with E-state index in [1.165, 1.54) is 15.2 Å². The number of para-hydroxylation sites is 1. The molecule has 4 rings (SSSR count). The third kappa shape index (κ3) is 5.53. The lowest BCUT2D eigenvalue weighted by molar-refractivity contribution is -1.01. The first-order chi connectivity index (χ1) is 14.7. The summed E-state index contributed by atoms with van der Waals surface area (Å²) < 4.78 is 1.18. The molecule has 1 aliphatic rings. The Morgan fingerprint density at radius 3 is 2.50 bits per heavy atom. The lowest BCUT2D eigenvalue weighted by atomic mass is 10.2. The average molecular weight is 423 g/mol. The van der Waals surface area contributed by atoms with Crippen molar-refractivity contribution >= 4 is 33.5 Å². The van der Waals surface area contributed by atoms with Crippen LogP contribution in [0.15, 0.2) is 60.7 Å². The largest absolute Gasteiger partial charge is 0.334 e. The van der Waals surface area contributed by atoms with Crippen LogP contribution in [0.4, 0.5) is 0 Å². The van der Waals surface area contributed by atoms with Gasteiger partial charge in [-0.1, -0.05) is 48.5 Å². The maximum atomic E-state index is 12.7. The second kappa shape index (κ2) is 9.98. The summed E-state index contributed by atoms with van der Waals surface area (Å²) in [5, 5.41) is 1.00. The topological polar surface area (TPSA) is 42.1 Å². The summed E-state index contributed by atoms with van der Waals surface area (Å²) in [5.41, 5.74) is 2.27. The molecule has 6 heteroatoms. The van der Waals surface area contributed by atoms with Crippen molar-refractivity contribution in [2.24, 2.45) is 0 Å². The molecule has 0 unspecified atom stereocenters. The Morgan fingerprint density at radius 1 is 1.03 bits per heavy atom. The highest BCUT2D eigenvalue weighted by Crippen LogP contribution is 2.22. The first-order valence-corrected chi connectivity index (χ1v) is 11.5. The number of benzene rings is 2. The average Bonchev–Trinajstić information content (AvgIpc) is 3.18. The number of amides is 1. The number of likely N-dealkylation sites (N-methyl/N-ethyl adjacent to an activating group) is 1. The number of aromatic nitrogens is 1. The Morgan fingerprint density at radius 2 is 1.73 bits per heavy atom. The van der Waals surface area contributed by atoms with Crippen molar-refractivity contribution < 1.29 is 14.6 Å². The fraction of sp³-hybridized carbons (Fsp3) is 0.333. The second-order valence-corrected chi connectivity index (χ2v) is 9.13. The van der Waals surface area contributed by atoms with Gasteiger partial charge in [0.15, 0.2) is 6.54 Å². The number of rotatable bonds is 7. The minimum Gasteiger partial charge on any atom is -0.334 e. The SMILES string of the molecule is CN(Cc1nc2ccccc2s1)C(=O)C[NH+]1CC[NH+](C/C=C/c2ccccc2)CC1. The number of quaternary nitrogens is 2. The molecular weight excluding hydrogens is 392 g/mol. The number of carbonyl (C=O) groups is 1. The van der Waals surface area contributed by atoms with Gasteiger partial charge in [-0.15, -0.1) is 11.3 Å². The lowest BCUT2D eigenvalue weighted by Crippen LogP contribution is -3.28. The monoisotopic (exact) mass is 422 g/mol. The number of nitrogens with zero attached hydrogens (tertiary/aromatic N) is 2. The van der Waals surface area contributed by atoms with Gasteiger partial charge in [0.1, 0.15) is 31.2 Å². The van der Waals surface area contributed by atoms with E-state index in [1.807, 2.05) is 36.2 Å². The van der Waals surface area contributed by atoms with E-state index in [-0.39, 0.29) is 5.91 Å². The number of carbonyl (C=O) groups excluding carboxylic acids is 1. The predicted octanol–water partition coefficient (Wildman–Crippen LogP) is 0.752. The molecule has 0 aliphatic carbocycles. The van der Waals surface area contributed by atoms with Crippen molar-refractivity contribution in [2.75, 3.05) is 46.3 Å². The number of thiazole rings is 1. The van der Waals surface area contributed by atoms with E-state index in [0.29, 0.717) is 13.1 Å². The van der Waals surface area contributed by atoms with Crippen LogP contribution in [0, 0.1) is 0 Å². The van der Waals surface area contributed by atoms with Crippen LogP contribution in [0.3, 0.4) is 0 Å². The van der Waals surface area contributed by atoms with Crippen molar-refractivity contribution in [3.63, 3.8) is 0 Å². The van der Waals surface area contributed by atoms with Crippen LogP contribution >= 0.6 is 11.3 Å². The van der Waals surface area contributed by atoms with Gasteiger partial charge in [-0.2, -0.15) is 0 Å². The quantitative estimate of drug-likeness (QED) is 0.590. The highest BCUT2D eigenvalue weighted by atomic mass is 32.1. The van der Waals surface area contributed by atoms with Crippen molar-refractivity contribution in [2.45, 2.75) is 6.54 Å². The molecule has 1 fully saturated rings. The number of hydrogen-bond acceptors (Lipinski definition) is 3. The second-order valence-electron chi connectivity index (χ2n) is 8.02. The molecule has 0 saturated carbocycles. The molecule has 1 aromatic heterocycles. The van der Waals surface area contributed by atoms with E-state index in [9.17, 15) is 4.79 Å². The highest BCUT2D eigenvalue weighted by molar-refractivity contribution is 7.18. The zero-order valence-electron chi connectivity index (χ0n) is 17.5. The van der Waals surface area contributed by atoms with Crippen LogP contribution in [0.5, 0.6) is 0 Å². The summed E-state index contributed by atoms with van der Waals surface area (Å²) in [6.07, 6.45) is 4.47. The zero-order valence-corrected chi connectivity index (χ0v) is 18.3. The van der Waals surface area contributed by atoms with Gasteiger partial charge in [0.05, 0.1) is 23.3 Å². The van der Waals surface area contributed by atoms with E-state index < -0.39 is 0 Å². The minimum atomic E-state index is 0.205. The van der Waals surface area contributed by atoms with Gasteiger partial charge in [-0.05, 0) is 23.8 Å². The lowest BCUT2D eigenvalue weighted by Gasteiger charge is -2.29. The van der Waals surface area contributed by atoms with Crippen LogP contribution in [0.2, 0.25) is 0 Å². The molecule has 30 heavy (non-hydrogen) atoms. The normalized spacial score (nSPS) is 19.4. The van der Waals surface area contributed by atoms with Gasteiger partial charge < -0.3 is 14.7 Å². The molecule has 156 valence electrons. The predicted molar refractivity (Wildman–Crippen MR) is 123 cm³/mol. The standard InChI is InChI=1S/C24H28N4OS/c1-26(18-23-25-21-11-5-6-12-22(21)30-23)24(29)19-28-16-14-27(15-17-28)13-7-10-20-8-3-2-4-9-20/h2-12H,13-19H2,1H3/p+2/b10-7+. The number of hydrogen-bond donors (Lipinski definition) is 2. The van der Waals surface area contributed by atoms with Gasteiger partial charge in [0.25, 0.3) is 5.91 Å². The molecule has 1 saturated heterocycles. The number of nitrogens with one attached hydrogen (secondary N) is 2. The molecule has 0 bridgehead atoms. The summed E-state index contributed by atoms with van der Waals surface area (Å²) in [5.74, 6) is 0.205. The number of fused-ring (bicyclic) bond motifs is 1. The summed E-state index contributed by atoms with van der Waals surface area (Å²) in [6.45, 7) is 6.55. The summed E-state index contributed by atoms with van der Waals surface area (Å²) in [6, 6.07) is 18.6. The Labute approximate surface area is 182 Å². The van der Waals surface area contributed by atoms with Gasteiger partial charge >= 0.3 is 0 Å². The number of piperazine rings is 1. The Balaban J connectivity index is 1.20. The fourth-order valence-corrected chi connectivity index (χ4v) is 4.91. The minimum absolute atomic E-state index is 0.205. The summed E-state index contributed by atoms with van der Waals surface area (Å²) >= 11 is 1.67. The van der Waals surface area contributed by atoms with E-state index in [0.717, 1.165) is 43.2 Å². The molecule has 2 N–H and O–H groups in total. The molecule has 3 aromatic rings. The molecule has 0 radical (unpaired) electrons. The van der Waals surface area contributed by atoms with E-state index >= 15 is 0 Å². The molecule has 0 spiro atoms. The maximum Gasteiger partial charge on any atom is 0.277 e. The molecule has 2 heterocycles. The molecule has 2 aromatic carbocycles. The third-order valence-electron chi connectivity index (χ3n) is 5.72. The van der Waals surface area contributed by atoms with Crippen LogP contribution in [-0.4, -0.2) is 62.1 Å². The molecule has 1 aliphatic heterocycles. The van der Waals surface area contributed by atoms with E-state index in [4.69, 9.17) is 0 Å². The molecule has 5 nitrogen and oxygen atoms in total. The van der Waals surface area contributed by atoms with Crippen molar-refractivity contribution in [1.82, 2.24) is 9.88 Å². The molecular formula is C24H30N4OS+2. The summed E-state index contributed by atoms with van der Waals surface area (Å²) in [4.78, 5) is 22.2. The first kappa shape index (κ1) is 20.7. The van der Waals surface area contributed by atoms with Gasteiger partial charge in [0, 0.05) is 7.05 Å². The summed E-state index contributed by atoms with van der Waals surface area (Å²) in [7, 11) is 1.89. The Kier molecular flexibility index (Phi) is 6.89. The third-order valence-corrected chi connectivity index (χ3v) is 6.74. The fourth-order valence-electron chi connectivity index (χ4n) is 3.89. The van der Waals surface area contributed by atoms with Crippen molar-refractivity contribution in [1.29, 1.82) is 0 Å². The van der Waals surface area contributed by atoms with Gasteiger partial charge in [-0.3, -0.25) is 4.79 Å². The maximum absolute atomic E-state index is 12.7. The molecule has 1 amide bonds. The first-order valence-electron chi connectivity index (χ1n) is 10.6. The van der Waals surface area contributed by atoms with Gasteiger partial charge in [-0.25, -0.2) is 4.98 Å². The van der Waals surface area contributed by atoms with Crippen molar-refractivity contribution in [3.05, 3.63) is 71.2 Å². The van der Waals surface area contributed by atoms with Crippen LogP contribution in [0.1, 0.15) is 10.6 Å². The Hall–Kier alpha value is -2.54. The zero-order chi connectivity index (χ0) is 20.8. The van der Waals surface area contributed by atoms with Crippen molar-refractivity contribution in [3.8, 4) is 0 Å². The van der Waals surface area contributed by atoms with E-state index in [2.05, 4.69) is 47.5 Å². The smallest absolute Gasteiger partial charge is 0.277 e. The van der Waals surface area contributed by atoms with E-state index in [1.54, 1.807) is 16.2 Å².